The monoisotopic (exact) mass is 596 g/mol. The standard InChI is InChI=1S/2C15H18N6O/c2*16-8-12-3-4-14(20-10-12)19-6-5-18-11-15(22)21-7-1-2-13(21)9-17/h2*3-4,10,13,18H,1-2,5-7,11H2,(H,19,20)/t2*13-/m00/s1. The summed E-state index contributed by atoms with van der Waals surface area (Å²) in [5.41, 5.74) is 1.04. The second-order valence-corrected chi connectivity index (χ2v) is 10.0. The highest BCUT2D eigenvalue weighted by atomic mass is 16.2. The Labute approximate surface area is 257 Å². The van der Waals surface area contributed by atoms with Gasteiger partial charge < -0.3 is 31.1 Å². The van der Waals surface area contributed by atoms with Crippen LogP contribution < -0.4 is 21.3 Å². The molecule has 2 atom stereocenters. The van der Waals surface area contributed by atoms with Gasteiger partial charge in [-0.15, -0.1) is 0 Å². The number of hydrogen-bond donors (Lipinski definition) is 4. The molecule has 2 aliphatic rings. The Hall–Kier alpha value is -5.28. The van der Waals surface area contributed by atoms with Gasteiger partial charge in [-0.05, 0) is 49.9 Å². The van der Waals surface area contributed by atoms with Crippen molar-refractivity contribution in [3.8, 4) is 24.3 Å². The number of nitrogens with zero attached hydrogens (tertiary/aromatic N) is 8. The molecule has 4 N–H and O–H groups in total. The van der Waals surface area contributed by atoms with Crippen LogP contribution in [0.1, 0.15) is 36.8 Å². The van der Waals surface area contributed by atoms with Crippen molar-refractivity contribution in [3.05, 3.63) is 47.8 Å². The molecule has 44 heavy (non-hydrogen) atoms. The maximum absolute atomic E-state index is 12.0. The van der Waals surface area contributed by atoms with E-state index in [0.29, 0.717) is 62.0 Å². The average Bonchev–Trinajstić information content (AvgIpc) is 3.75. The lowest BCUT2D eigenvalue weighted by Crippen LogP contribution is -2.41. The molecule has 0 spiro atoms. The zero-order chi connectivity index (χ0) is 31.6. The van der Waals surface area contributed by atoms with E-state index < -0.39 is 0 Å². The molecule has 2 amide bonds. The highest BCUT2D eigenvalue weighted by Crippen LogP contribution is 2.16. The van der Waals surface area contributed by atoms with Crippen LogP contribution in [0.15, 0.2) is 36.7 Å². The van der Waals surface area contributed by atoms with Crippen molar-refractivity contribution >= 4 is 23.5 Å². The summed E-state index contributed by atoms with van der Waals surface area (Å²) in [4.78, 5) is 35.4. The Kier molecular flexibility index (Phi) is 13.8. The highest BCUT2D eigenvalue weighted by Gasteiger charge is 2.28. The van der Waals surface area contributed by atoms with Gasteiger partial charge in [0.15, 0.2) is 0 Å². The molecular weight excluding hydrogens is 560 g/mol. The van der Waals surface area contributed by atoms with Crippen molar-refractivity contribution in [2.24, 2.45) is 0 Å². The van der Waals surface area contributed by atoms with E-state index in [1.165, 1.54) is 12.4 Å². The third-order valence-corrected chi connectivity index (χ3v) is 7.00. The first-order valence-electron chi connectivity index (χ1n) is 14.5. The first-order chi connectivity index (χ1) is 21.5. The molecule has 2 saturated heterocycles. The van der Waals surface area contributed by atoms with Crippen LogP contribution in [0.4, 0.5) is 11.6 Å². The van der Waals surface area contributed by atoms with Crippen molar-refractivity contribution in [3.63, 3.8) is 0 Å². The van der Waals surface area contributed by atoms with Gasteiger partial charge in [-0.2, -0.15) is 21.0 Å². The molecule has 2 fully saturated rings. The van der Waals surface area contributed by atoms with Gasteiger partial charge in [0.25, 0.3) is 0 Å². The van der Waals surface area contributed by atoms with Crippen molar-refractivity contribution < 1.29 is 9.59 Å². The van der Waals surface area contributed by atoms with Gasteiger partial charge in [-0.25, -0.2) is 9.97 Å². The van der Waals surface area contributed by atoms with Gasteiger partial charge in [0.2, 0.25) is 11.8 Å². The predicted molar refractivity (Wildman–Crippen MR) is 161 cm³/mol. The Morgan fingerprint density at radius 1 is 0.705 bits per heavy atom. The van der Waals surface area contributed by atoms with Gasteiger partial charge in [-0.1, -0.05) is 0 Å². The predicted octanol–water partition coefficient (Wildman–Crippen LogP) is 0.939. The fraction of sp³-hybridized carbons (Fsp3) is 0.467. The molecular formula is C30H36N12O2. The molecule has 14 heteroatoms. The molecule has 0 aliphatic carbocycles. The molecule has 0 bridgehead atoms. The minimum Gasteiger partial charge on any atom is -0.369 e. The number of likely N-dealkylation sites (tertiary alicyclic amines) is 2. The number of amides is 2. The van der Waals surface area contributed by atoms with E-state index in [1.54, 1.807) is 34.1 Å². The van der Waals surface area contributed by atoms with Crippen molar-refractivity contribution in [1.82, 2.24) is 30.4 Å². The number of hydrogen-bond acceptors (Lipinski definition) is 12. The summed E-state index contributed by atoms with van der Waals surface area (Å²) >= 11 is 0. The summed E-state index contributed by atoms with van der Waals surface area (Å²) in [7, 11) is 0. The minimum atomic E-state index is -0.268. The van der Waals surface area contributed by atoms with E-state index in [4.69, 9.17) is 21.0 Å². The van der Waals surface area contributed by atoms with Crippen molar-refractivity contribution in [2.45, 2.75) is 37.8 Å². The number of anilines is 2. The van der Waals surface area contributed by atoms with E-state index in [0.717, 1.165) is 25.7 Å². The summed E-state index contributed by atoms with van der Waals surface area (Å²) in [5, 5.41) is 47.6. The molecule has 0 aromatic carbocycles. The number of nitriles is 4. The molecule has 2 aromatic rings. The lowest BCUT2D eigenvalue weighted by molar-refractivity contribution is -0.131. The van der Waals surface area contributed by atoms with Gasteiger partial charge in [0, 0.05) is 51.7 Å². The van der Waals surface area contributed by atoms with Crippen LogP contribution in [0.2, 0.25) is 0 Å². The van der Waals surface area contributed by atoms with Gasteiger partial charge >= 0.3 is 0 Å². The largest absolute Gasteiger partial charge is 0.369 e. The molecule has 228 valence electrons. The van der Waals surface area contributed by atoms with Crippen LogP contribution in [-0.2, 0) is 9.59 Å². The SMILES string of the molecule is N#Cc1ccc(NCCNCC(=O)N2CCC[C@H]2C#N)nc1.N#Cc1ccc(NCCNCC(=O)N2CCC[C@H]2C#N)nc1. The van der Waals surface area contributed by atoms with E-state index in [2.05, 4.69) is 43.4 Å². The quantitative estimate of drug-likeness (QED) is 0.252. The number of carbonyl (C=O) groups excluding carboxylic acids is 2. The average molecular weight is 597 g/mol. The molecule has 4 heterocycles. The summed E-state index contributed by atoms with van der Waals surface area (Å²) in [5.74, 6) is 1.33. The second-order valence-electron chi connectivity index (χ2n) is 10.0. The van der Waals surface area contributed by atoms with E-state index in [9.17, 15) is 9.59 Å². The van der Waals surface area contributed by atoms with E-state index in [-0.39, 0.29) is 37.0 Å². The van der Waals surface area contributed by atoms with E-state index in [1.807, 2.05) is 12.1 Å². The van der Waals surface area contributed by atoms with Crippen molar-refractivity contribution in [1.29, 1.82) is 21.0 Å². The lowest BCUT2D eigenvalue weighted by Gasteiger charge is -2.19. The van der Waals surface area contributed by atoms with Crippen LogP contribution >= 0.6 is 0 Å². The number of carbonyl (C=O) groups is 2. The summed E-state index contributed by atoms with van der Waals surface area (Å²) < 4.78 is 0. The second kappa shape index (κ2) is 18.3. The van der Waals surface area contributed by atoms with Crippen LogP contribution in [0.5, 0.6) is 0 Å². The maximum Gasteiger partial charge on any atom is 0.237 e. The molecule has 14 nitrogen and oxygen atoms in total. The van der Waals surface area contributed by atoms with Crippen LogP contribution in [-0.4, -0.2) is 96.0 Å². The summed E-state index contributed by atoms with van der Waals surface area (Å²) in [6.45, 7) is 4.28. The normalized spacial score (nSPS) is 16.8. The van der Waals surface area contributed by atoms with E-state index >= 15 is 0 Å². The molecule has 0 saturated carbocycles. The van der Waals surface area contributed by atoms with Crippen LogP contribution in [0.3, 0.4) is 0 Å². The van der Waals surface area contributed by atoms with Gasteiger partial charge in [0.1, 0.15) is 35.9 Å². The zero-order valence-electron chi connectivity index (χ0n) is 24.5. The molecule has 0 radical (unpaired) electrons. The third kappa shape index (κ3) is 10.5. The number of aromatic nitrogens is 2. The summed E-state index contributed by atoms with van der Waals surface area (Å²) in [6.07, 6.45) is 6.36. The fourth-order valence-electron chi connectivity index (χ4n) is 4.68. The molecule has 2 aliphatic heterocycles. The zero-order valence-corrected chi connectivity index (χ0v) is 24.5. The van der Waals surface area contributed by atoms with Gasteiger partial charge in [0.05, 0.1) is 36.4 Å². The molecule has 4 rings (SSSR count). The summed E-state index contributed by atoms with van der Waals surface area (Å²) in [6, 6.07) is 14.7. The number of nitrogens with one attached hydrogen (secondary N) is 4. The first kappa shape index (κ1) is 33.2. The molecule has 2 aromatic heterocycles. The smallest absolute Gasteiger partial charge is 0.237 e. The third-order valence-electron chi connectivity index (χ3n) is 7.00. The Morgan fingerprint density at radius 3 is 1.48 bits per heavy atom. The molecule has 0 unspecified atom stereocenters. The van der Waals surface area contributed by atoms with Gasteiger partial charge in [-0.3, -0.25) is 9.59 Å². The fourth-order valence-corrected chi connectivity index (χ4v) is 4.68. The topological polar surface area (TPSA) is 210 Å². The van der Waals surface area contributed by atoms with Crippen LogP contribution in [0, 0.1) is 45.3 Å². The Balaban J connectivity index is 0.000000240. The van der Waals surface area contributed by atoms with Crippen molar-refractivity contribution in [2.75, 3.05) is 63.0 Å². The van der Waals surface area contributed by atoms with Crippen LogP contribution in [0.25, 0.3) is 0 Å². The minimum absolute atomic E-state index is 0.0273. The maximum atomic E-state index is 12.0. The lowest BCUT2D eigenvalue weighted by atomic mass is 10.2. The first-order valence-corrected chi connectivity index (χ1v) is 14.5. The number of pyridine rings is 2. The number of rotatable bonds is 12. The highest BCUT2D eigenvalue weighted by molar-refractivity contribution is 5.79. The Morgan fingerprint density at radius 2 is 1.14 bits per heavy atom. The Bertz CT molecular complexity index is 1280.